The van der Waals surface area contributed by atoms with Gasteiger partial charge in [-0.15, -0.1) is 0 Å². The summed E-state index contributed by atoms with van der Waals surface area (Å²) in [5, 5.41) is 16.5. The van der Waals surface area contributed by atoms with Crippen LogP contribution in [0.3, 0.4) is 0 Å². The molecule has 0 aliphatic carbocycles. The first-order valence-electron chi connectivity index (χ1n) is 8.97. The summed E-state index contributed by atoms with van der Waals surface area (Å²) in [6.07, 6.45) is 8.20. The number of rotatable bonds is 10. The smallest absolute Gasteiger partial charge is 0.554 e. The van der Waals surface area contributed by atoms with Crippen molar-refractivity contribution in [2.75, 3.05) is 0 Å². The summed E-state index contributed by atoms with van der Waals surface area (Å²) in [6.45, 7) is 7.25. The molecule has 27 heavy (non-hydrogen) atoms. The van der Waals surface area contributed by atoms with Crippen molar-refractivity contribution in [1.82, 2.24) is 0 Å². The Morgan fingerprint density at radius 2 is 1.00 bits per heavy atom. The van der Waals surface area contributed by atoms with E-state index < -0.39 is 12.9 Å². The number of amides is 2. The molecule has 8 nitrogen and oxygen atoms in total. The second kappa shape index (κ2) is 32.1. The first-order chi connectivity index (χ1) is 12.3. The van der Waals surface area contributed by atoms with Gasteiger partial charge in [0.1, 0.15) is 0 Å². The molecule has 165 valence electrons. The van der Waals surface area contributed by atoms with E-state index in [9.17, 15) is 9.59 Å². The number of hydrogen-bond acceptors (Lipinski definition) is 6. The van der Waals surface area contributed by atoms with E-state index in [-0.39, 0.29) is 40.7 Å². The number of unbranched alkanes of at least 4 members (excludes halogenated alkanes) is 2. The molecule has 0 spiro atoms. The molecule has 9 heteroatoms. The summed E-state index contributed by atoms with van der Waals surface area (Å²) >= 11 is 0. The summed E-state index contributed by atoms with van der Waals surface area (Å²) in [4.78, 5) is 37.8. The molecule has 0 aromatic carbocycles. The van der Waals surface area contributed by atoms with E-state index in [2.05, 4.69) is 13.8 Å². The van der Waals surface area contributed by atoms with Crippen LogP contribution < -0.4 is 21.7 Å². The van der Waals surface area contributed by atoms with Gasteiger partial charge in [0.05, 0.1) is 0 Å². The third-order valence-corrected chi connectivity index (χ3v) is 3.60. The van der Waals surface area contributed by atoms with Crippen LogP contribution in [0.25, 0.3) is 0 Å². The summed E-state index contributed by atoms with van der Waals surface area (Å²) in [5.41, 5.74) is 10.3. The van der Waals surface area contributed by atoms with Crippen molar-refractivity contribution in [1.29, 1.82) is 0 Å². The van der Waals surface area contributed by atoms with Gasteiger partial charge in [-0.05, 0) is 25.7 Å². The molecule has 0 saturated carbocycles. The average molecular weight is 440 g/mol. The van der Waals surface area contributed by atoms with Gasteiger partial charge in [-0.25, -0.2) is 0 Å². The molecule has 0 rings (SSSR count). The van der Waals surface area contributed by atoms with Crippen LogP contribution in [0, 0.1) is 11.8 Å². The number of hydrogen-bond donors (Lipinski definition) is 2. The van der Waals surface area contributed by atoms with Crippen LogP contribution >= 0.6 is 0 Å². The van der Waals surface area contributed by atoms with Gasteiger partial charge in [0.15, 0.2) is 0 Å². The van der Waals surface area contributed by atoms with E-state index in [0.29, 0.717) is 0 Å². The Morgan fingerprint density at radius 1 is 0.778 bits per heavy atom. The fourth-order valence-corrected chi connectivity index (χ4v) is 2.00. The van der Waals surface area contributed by atoms with Crippen molar-refractivity contribution in [2.24, 2.45) is 23.3 Å². The van der Waals surface area contributed by atoms with Crippen LogP contribution in [-0.4, -0.2) is 24.8 Å². The van der Waals surface area contributed by atoms with E-state index in [1.54, 1.807) is 0 Å². The van der Waals surface area contributed by atoms with Gasteiger partial charge < -0.3 is 31.3 Å². The van der Waals surface area contributed by atoms with E-state index >= 15 is 0 Å². The first-order valence-corrected chi connectivity index (χ1v) is 8.97. The van der Waals surface area contributed by atoms with Crippen LogP contribution in [0.15, 0.2) is 0 Å². The summed E-state index contributed by atoms with van der Waals surface area (Å²) < 4.78 is 0. The van der Waals surface area contributed by atoms with Crippen LogP contribution in [-0.2, 0) is 36.2 Å². The molecular weight excluding hydrogens is 404 g/mol. The van der Waals surface area contributed by atoms with E-state index in [1.165, 1.54) is 0 Å². The Hall–Kier alpha value is -1.60. The van der Waals surface area contributed by atoms with Crippen LogP contribution in [0.4, 0.5) is 0 Å². The SMILES string of the molecule is CCCCC(CC)C(N)=O.CCCCC(CC)C(N)=O.O=C[O-].O=C[O-].[Cu+2]. The molecule has 0 bridgehead atoms. The van der Waals surface area contributed by atoms with Crippen molar-refractivity contribution in [2.45, 2.75) is 79.1 Å². The zero-order valence-corrected chi connectivity index (χ0v) is 17.8. The number of carbonyl (C=O) groups is 4. The molecule has 0 heterocycles. The van der Waals surface area contributed by atoms with Crippen molar-refractivity contribution in [3.05, 3.63) is 0 Å². The monoisotopic (exact) mass is 439 g/mol. The maximum absolute atomic E-state index is 10.7. The molecule has 2 atom stereocenters. The minimum Gasteiger partial charge on any atom is -0.554 e. The van der Waals surface area contributed by atoms with Gasteiger partial charge in [0.2, 0.25) is 11.8 Å². The van der Waals surface area contributed by atoms with Gasteiger partial charge in [-0.2, -0.15) is 0 Å². The van der Waals surface area contributed by atoms with Gasteiger partial charge >= 0.3 is 17.1 Å². The van der Waals surface area contributed by atoms with Crippen molar-refractivity contribution < 1.29 is 46.5 Å². The minimum atomic E-state index is -0.500. The molecule has 0 saturated heterocycles. The molecule has 1 radical (unpaired) electrons. The standard InChI is InChI=1S/2C8H17NO.2CH2O2.Cu/c2*1-3-5-6-7(4-2)8(9)10;2*2-1-3;/h2*7H,3-6H2,1-2H3,(H2,9,10);2*1H,(H,2,3);/q;;;;+2/p-2. The molecule has 0 aliphatic heterocycles. The van der Waals surface area contributed by atoms with E-state index in [1.807, 2.05) is 13.8 Å². The molecule has 0 aromatic heterocycles. The molecule has 0 aromatic rings. The predicted octanol–water partition coefficient (Wildman–Crippen LogP) is 0.106. The average Bonchev–Trinajstić information content (AvgIpc) is 2.58. The van der Waals surface area contributed by atoms with Crippen LogP contribution in [0.1, 0.15) is 79.1 Å². The molecule has 0 aliphatic rings. The van der Waals surface area contributed by atoms with Gasteiger partial charge in [0, 0.05) is 24.8 Å². The second-order valence-corrected chi connectivity index (χ2v) is 5.49. The predicted molar refractivity (Wildman–Crippen MR) is 97.1 cm³/mol. The van der Waals surface area contributed by atoms with E-state index in [4.69, 9.17) is 31.3 Å². The third kappa shape index (κ3) is 36.2. The number of carboxylic acid groups (broad SMARTS) is 2. The van der Waals surface area contributed by atoms with Crippen molar-refractivity contribution in [3.8, 4) is 0 Å². The number of nitrogens with two attached hydrogens (primary N) is 2. The zero-order chi connectivity index (χ0) is 21.4. The Labute approximate surface area is 173 Å². The zero-order valence-electron chi connectivity index (χ0n) is 16.9. The molecule has 2 amide bonds. The first kappa shape index (κ1) is 36.3. The quantitative estimate of drug-likeness (QED) is 0.361. The molecule has 0 fully saturated rings. The minimum absolute atomic E-state index is 0. The molecule has 4 N–H and O–H groups in total. The Bertz CT molecular complexity index is 312. The summed E-state index contributed by atoms with van der Waals surface area (Å²) in [7, 11) is 0. The van der Waals surface area contributed by atoms with Gasteiger partial charge in [0.25, 0.3) is 0 Å². The Kier molecular flexibility index (Phi) is 43.2. The van der Waals surface area contributed by atoms with Gasteiger partial charge in [-0.3, -0.25) is 9.59 Å². The van der Waals surface area contributed by atoms with Gasteiger partial charge in [-0.1, -0.05) is 53.4 Å². The Balaban J connectivity index is -0.0000000899. The summed E-state index contributed by atoms with van der Waals surface area (Å²) in [6, 6.07) is 0. The fourth-order valence-electron chi connectivity index (χ4n) is 2.00. The number of primary amides is 2. The second-order valence-electron chi connectivity index (χ2n) is 5.49. The topological polar surface area (TPSA) is 166 Å². The molecule has 2 unspecified atom stereocenters. The maximum Gasteiger partial charge on any atom is 2.00 e. The largest absolute Gasteiger partial charge is 2.00 e. The van der Waals surface area contributed by atoms with Crippen LogP contribution in [0.2, 0.25) is 0 Å². The molecular formula is C18H36CuN2O6. The van der Waals surface area contributed by atoms with E-state index in [0.717, 1.165) is 51.4 Å². The van der Waals surface area contributed by atoms with Crippen molar-refractivity contribution in [3.63, 3.8) is 0 Å². The third-order valence-electron chi connectivity index (χ3n) is 3.60. The van der Waals surface area contributed by atoms with Crippen molar-refractivity contribution >= 4 is 24.8 Å². The Morgan fingerprint density at radius 3 is 1.11 bits per heavy atom. The summed E-state index contributed by atoms with van der Waals surface area (Å²) in [5.74, 6) is -0.0631. The normalized spacial score (nSPS) is 10.5. The maximum atomic E-state index is 10.7. The fraction of sp³-hybridized carbons (Fsp3) is 0.778. The number of carbonyl (C=O) groups excluding carboxylic acids is 4. The van der Waals surface area contributed by atoms with Crippen LogP contribution in [0.5, 0.6) is 0 Å².